The van der Waals surface area contributed by atoms with Gasteiger partial charge in [0.2, 0.25) is 5.91 Å². The molecule has 0 spiro atoms. The summed E-state index contributed by atoms with van der Waals surface area (Å²) in [5.74, 6) is 0.830. The second-order valence-corrected chi connectivity index (χ2v) is 9.99. The van der Waals surface area contributed by atoms with E-state index < -0.39 is 0 Å². The molecule has 182 valence electrons. The van der Waals surface area contributed by atoms with E-state index in [0.29, 0.717) is 18.4 Å². The van der Waals surface area contributed by atoms with E-state index in [1.807, 2.05) is 29.8 Å². The number of benzene rings is 2. The van der Waals surface area contributed by atoms with Gasteiger partial charge < -0.3 is 4.90 Å². The number of hydrogen-bond donors (Lipinski definition) is 0. The summed E-state index contributed by atoms with van der Waals surface area (Å²) in [6, 6.07) is 21.0. The number of likely N-dealkylation sites (tertiary alicyclic amines) is 2. The van der Waals surface area contributed by atoms with Gasteiger partial charge in [0, 0.05) is 43.5 Å². The van der Waals surface area contributed by atoms with Crippen LogP contribution in [0.2, 0.25) is 0 Å². The van der Waals surface area contributed by atoms with Crippen LogP contribution in [0, 0.1) is 19.8 Å². The number of aryl methyl sites for hydroxylation is 1. The van der Waals surface area contributed by atoms with Crippen molar-refractivity contribution in [1.29, 1.82) is 0 Å². The van der Waals surface area contributed by atoms with Gasteiger partial charge >= 0.3 is 0 Å². The average molecular weight is 469 g/mol. The van der Waals surface area contributed by atoms with Gasteiger partial charge in [-0.25, -0.2) is 4.68 Å². The van der Waals surface area contributed by atoms with Crippen LogP contribution in [0.3, 0.4) is 0 Å². The molecule has 2 aliphatic heterocycles. The number of para-hydroxylation sites is 1. The van der Waals surface area contributed by atoms with Crippen molar-refractivity contribution >= 4 is 12.0 Å². The molecule has 2 aromatic carbocycles. The standard InChI is InChI=1S/C30H36N4O/c1-23-28(24(2)34(31-23)27-15-7-4-8-16-27)21-30(35)33-19-10-14-26-22-32(20-17-29(26)33)18-9-13-25-11-5-3-6-12-25/h3-9,11-13,15-16,26,29H,10,14,17-22H2,1-2H3/b13-9+/t26-,29-/m1/s1. The minimum Gasteiger partial charge on any atom is -0.339 e. The van der Waals surface area contributed by atoms with Crippen LogP contribution in [0.1, 0.15) is 41.8 Å². The Bertz CT molecular complexity index is 1170. The fourth-order valence-electron chi connectivity index (χ4n) is 5.86. The van der Waals surface area contributed by atoms with Crippen molar-refractivity contribution < 1.29 is 4.79 Å². The number of nitrogens with zero attached hydrogens (tertiary/aromatic N) is 4. The highest BCUT2D eigenvalue weighted by atomic mass is 16.2. The third-order valence-electron chi connectivity index (χ3n) is 7.72. The largest absolute Gasteiger partial charge is 0.339 e. The maximum atomic E-state index is 13.5. The number of amides is 1. The van der Waals surface area contributed by atoms with Crippen LogP contribution in [-0.4, -0.2) is 57.7 Å². The Morgan fingerprint density at radius 2 is 1.74 bits per heavy atom. The molecule has 3 aromatic rings. The topological polar surface area (TPSA) is 41.4 Å². The lowest BCUT2D eigenvalue weighted by Crippen LogP contribution is -2.56. The Kier molecular flexibility index (Phi) is 7.14. The summed E-state index contributed by atoms with van der Waals surface area (Å²) in [6.45, 7) is 8.10. The molecule has 0 radical (unpaired) electrons. The van der Waals surface area contributed by atoms with Crippen molar-refractivity contribution in [1.82, 2.24) is 19.6 Å². The summed E-state index contributed by atoms with van der Waals surface area (Å²) in [4.78, 5) is 18.3. The minimum absolute atomic E-state index is 0.260. The summed E-state index contributed by atoms with van der Waals surface area (Å²) >= 11 is 0. The zero-order valence-electron chi connectivity index (χ0n) is 20.9. The number of hydrogen-bond acceptors (Lipinski definition) is 3. The quantitative estimate of drug-likeness (QED) is 0.508. The number of carbonyl (C=O) groups excluding carboxylic acids is 1. The Morgan fingerprint density at radius 1 is 1.00 bits per heavy atom. The first kappa shape index (κ1) is 23.6. The van der Waals surface area contributed by atoms with Crippen LogP contribution in [0.15, 0.2) is 66.7 Å². The first-order chi connectivity index (χ1) is 17.1. The SMILES string of the molecule is Cc1nn(-c2ccccc2)c(C)c1CC(=O)N1CCC[C@@H]2CN(C/C=C/c3ccccc3)CC[C@H]21. The molecule has 5 heteroatoms. The van der Waals surface area contributed by atoms with Crippen LogP contribution in [0.5, 0.6) is 0 Å². The molecule has 0 saturated carbocycles. The van der Waals surface area contributed by atoms with Gasteiger partial charge in [0.15, 0.2) is 0 Å². The summed E-state index contributed by atoms with van der Waals surface area (Å²) in [5.41, 5.74) is 5.38. The monoisotopic (exact) mass is 468 g/mol. The molecule has 0 N–H and O–H groups in total. The number of carbonyl (C=O) groups is 1. The van der Waals surface area contributed by atoms with Crippen LogP contribution in [0.25, 0.3) is 11.8 Å². The first-order valence-corrected chi connectivity index (χ1v) is 12.9. The maximum absolute atomic E-state index is 13.5. The number of piperidine rings is 2. The molecular formula is C30H36N4O. The predicted molar refractivity (Wildman–Crippen MR) is 141 cm³/mol. The third kappa shape index (κ3) is 5.25. The molecule has 1 amide bonds. The van der Waals surface area contributed by atoms with Gasteiger partial charge in [-0.05, 0) is 56.7 Å². The fourth-order valence-corrected chi connectivity index (χ4v) is 5.86. The van der Waals surface area contributed by atoms with E-state index in [1.54, 1.807) is 0 Å². The molecule has 35 heavy (non-hydrogen) atoms. The van der Waals surface area contributed by atoms with E-state index in [-0.39, 0.29) is 5.91 Å². The van der Waals surface area contributed by atoms with E-state index in [2.05, 4.69) is 71.3 Å². The van der Waals surface area contributed by atoms with E-state index in [0.717, 1.165) is 61.7 Å². The zero-order valence-corrected chi connectivity index (χ0v) is 20.9. The lowest BCUT2D eigenvalue weighted by molar-refractivity contribution is -0.137. The molecule has 1 aromatic heterocycles. The molecule has 0 unspecified atom stereocenters. The van der Waals surface area contributed by atoms with Crippen molar-refractivity contribution in [3.05, 3.63) is 89.3 Å². The van der Waals surface area contributed by atoms with Crippen molar-refractivity contribution in [3.63, 3.8) is 0 Å². The zero-order chi connectivity index (χ0) is 24.2. The second kappa shape index (κ2) is 10.6. The minimum atomic E-state index is 0.260. The van der Waals surface area contributed by atoms with E-state index in [4.69, 9.17) is 5.10 Å². The highest BCUT2D eigenvalue weighted by Gasteiger charge is 2.38. The molecule has 2 atom stereocenters. The van der Waals surface area contributed by atoms with Crippen molar-refractivity contribution in [2.24, 2.45) is 5.92 Å². The fraction of sp³-hybridized carbons (Fsp3) is 0.400. The lowest BCUT2D eigenvalue weighted by Gasteiger charge is -2.47. The van der Waals surface area contributed by atoms with Crippen molar-refractivity contribution in [2.45, 2.75) is 45.6 Å². The van der Waals surface area contributed by atoms with Gasteiger partial charge in [0.25, 0.3) is 0 Å². The van der Waals surface area contributed by atoms with Gasteiger partial charge in [-0.1, -0.05) is 60.7 Å². The summed E-state index contributed by atoms with van der Waals surface area (Å²) < 4.78 is 1.97. The Morgan fingerprint density at radius 3 is 2.51 bits per heavy atom. The predicted octanol–water partition coefficient (Wildman–Crippen LogP) is 5.06. The molecule has 2 fully saturated rings. The maximum Gasteiger partial charge on any atom is 0.227 e. The smallest absolute Gasteiger partial charge is 0.227 e. The second-order valence-electron chi connectivity index (χ2n) is 9.99. The van der Waals surface area contributed by atoms with E-state index >= 15 is 0 Å². The van der Waals surface area contributed by atoms with Gasteiger partial charge in [-0.15, -0.1) is 0 Å². The van der Waals surface area contributed by atoms with Crippen LogP contribution >= 0.6 is 0 Å². The average Bonchev–Trinajstić information content (AvgIpc) is 3.17. The number of fused-ring (bicyclic) bond motifs is 1. The van der Waals surface area contributed by atoms with Crippen LogP contribution < -0.4 is 0 Å². The van der Waals surface area contributed by atoms with Crippen molar-refractivity contribution in [3.8, 4) is 5.69 Å². The van der Waals surface area contributed by atoms with E-state index in [9.17, 15) is 4.79 Å². The summed E-state index contributed by atoms with van der Waals surface area (Å²) in [7, 11) is 0. The number of rotatable bonds is 6. The van der Waals surface area contributed by atoms with Gasteiger partial charge in [-0.3, -0.25) is 9.69 Å². The van der Waals surface area contributed by atoms with Crippen molar-refractivity contribution in [2.75, 3.05) is 26.2 Å². The molecular weight excluding hydrogens is 432 g/mol. The molecule has 2 aliphatic rings. The summed E-state index contributed by atoms with van der Waals surface area (Å²) in [6.07, 6.45) is 8.31. The Labute approximate surface area is 209 Å². The van der Waals surface area contributed by atoms with Gasteiger partial charge in [0.05, 0.1) is 17.8 Å². The Hall–Kier alpha value is -3.18. The third-order valence-corrected chi connectivity index (χ3v) is 7.72. The van der Waals surface area contributed by atoms with Crippen LogP contribution in [0.4, 0.5) is 0 Å². The molecule has 0 aliphatic carbocycles. The molecule has 0 bridgehead atoms. The number of aromatic nitrogens is 2. The normalized spacial score (nSPS) is 20.8. The lowest BCUT2D eigenvalue weighted by atomic mass is 9.83. The van der Waals surface area contributed by atoms with E-state index in [1.165, 1.54) is 12.0 Å². The first-order valence-electron chi connectivity index (χ1n) is 12.9. The highest BCUT2D eigenvalue weighted by Crippen LogP contribution is 2.31. The molecule has 3 heterocycles. The van der Waals surface area contributed by atoms with Gasteiger partial charge in [-0.2, -0.15) is 5.10 Å². The van der Waals surface area contributed by atoms with Crippen LogP contribution in [-0.2, 0) is 11.2 Å². The molecule has 5 nitrogen and oxygen atoms in total. The van der Waals surface area contributed by atoms with Gasteiger partial charge in [0.1, 0.15) is 0 Å². The molecule has 5 rings (SSSR count). The highest BCUT2D eigenvalue weighted by molar-refractivity contribution is 5.80. The molecule has 2 saturated heterocycles. The Balaban J connectivity index is 1.22. The summed E-state index contributed by atoms with van der Waals surface area (Å²) in [5, 5.41) is 4.75.